The lowest BCUT2D eigenvalue weighted by Crippen LogP contribution is -2.31. The summed E-state index contributed by atoms with van der Waals surface area (Å²) in [6.45, 7) is 13.5. The van der Waals surface area contributed by atoms with Crippen molar-refractivity contribution in [1.82, 2.24) is 0 Å². The summed E-state index contributed by atoms with van der Waals surface area (Å²) in [4.78, 5) is 0. The van der Waals surface area contributed by atoms with E-state index in [1.807, 2.05) is 0 Å². The van der Waals surface area contributed by atoms with Gasteiger partial charge in [-0.15, -0.1) is 0 Å². The summed E-state index contributed by atoms with van der Waals surface area (Å²) in [6.07, 6.45) is 3.28. The van der Waals surface area contributed by atoms with Crippen LogP contribution >= 0.6 is 0 Å². The summed E-state index contributed by atoms with van der Waals surface area (Å²) >= 11 is 0. The number of nitrogens with zero attached hydrogens (tertiary/aromatic N) is 1. The second-order valence-corrected chi connectivity index (χ2v) is 9.07. The molecule has 0 aliphatic heterocycles. The molecule has 0 amide bonds. The highest BCUT2D eigenvalue weighted by Crippen LogP contribution is 2.33. The van der Waals surface area contributed by atoms with Crippen molar-refractivity contribution in [3.8, 4) is 22.4 Å². The van der Waals surface area contributed by atoms with Gasteiger partial charge in [0.05, 0.1) is 0 Å². The normalized spacial score (nSPS) is 11.7. The molecule has 0 saturated heterocycles. The lowest BCUT2D eigenvalue weighted by molar-refractivity contribution is -0.660. The zero-order valence-electron chi connectivity index (χ0n) is 17.9. The van der Waals surface area contributed by atoms with Crippen LogP contribution in [-0.4, -0.2) is 0 Å². The summed E-state index contributed by atoms with van der Waals surface area (Å²) < 4.78 is 2.24. The fourth-order valence-electron chi connectivity index (χ4n) is 3.90. The van der Waals surface area contributed by atoms with Gasteiger partial charge >= 0.3 is 0 Å². The first-order valence-electron chi connectivity index (χ1n) is 9.82. The molecule has 1 heterocycles. The van der Waals surface area contributed by atoms with Crippen LogP contribution in [-0.2, 0) is 13.5 Å². The fraction of sp³-hybridized carbons (Fsp3) is 0.346. The quantitative estimate of drug-likeness (QED) is 0.480. The molecule has 3 aromatic rings. The van der Waals surface area contributed by atoms with Crippen LogP contribution in [0.25, 0.3) is 22.4 Å². The molecule has 0 unspecified atom stereocenters. The van der Waals surface area contributed by atoms with E-state index in [9.17, 15) is 0 Å². The Balaban J connectivity index is 2.17. The van der Waals surface area contributed by atoms with Crippen LogP contribution in [0.5, 0.6) is 0 Å². The number of hydrogen-bond donors (Lipinski definition) is 0. The van der Waals surface area contributed by atoms with Crippen LogP contribution in [0.1, 0.15) is 43.0 Å². The van der Waals surface area contributed by atoms with Gasteiger partial charge in [-0.2, -0.15) is 0 Å². The van der Waals surface area contributed by atoms with Gasteiger partial charge in [-0.25, -0.2) is 4.57 Å². The fourth-order valence-corrected chi connectivity index (χ4v) is 3.90. The largest absolute Gasteiger partial charge is 0.212 e. The highest BCUT2D eigenvalue weighted by atomic mass is 14.9. The molecular formula is C26H32N+. The molecule has 1 nitrogen and oxygen atoms in total. The topological polar surface area (TPSA) is 3.88 Å². The standard InChI is InChI=1S/C26H32N/c1-18-10-8-9-11-22(18)23-16-24(20(3)14-19(23)2)25-15-21(12-13-27(25)7)17-26(4,5)6/h8-16H,17H2,1-7H3/q+1. The molecule has 0 bridgehead atoms. The Morgan fingerprint density at radius 2 is 1.41 bits per heavy atom. The average Bonchev–Trinajstić information content (AvgIpc) is 2.57. The maximum atomic E-state index is 2.38. The predicted molar refractivity (Wildman–Crippen MR) is 116 cm³/mol. The first-order chi connectivity index (χ1) is 12.7. The average molecular weight is 359 g/mol. The third-order valence-corrected chi connectivity index (χ3v) is 5.23. The summed E-state index contributed by atoms with van der Waals surface area (Å²) in [6, 6.07) is 18.0. The van der Waals surface area contributed by atoms with Gasteiger partial charge in [0.15, 0.2) is 6.20 Å². The molecule has 0 N–H and O–H groups in total. The van der Waals surface area contributed by atoms with Crippen LogP contribution < -0.4 is 4.57 Å². The Hall–Kier alpha value is -2.41. The van der Waals surface area contributed by atoms with Crippen molar-refractivity contribution in [3.63, 3.8) is 0 Å². The van der Waals surface area contributed by atoms with E-state index < -0.39 is 0 Å². The Bertz CT molecular complexity index is 974. The highest BCUT2D eigenvalue weighted by molar-refractivity contribution is 5.77. The first-order valence-corrected chi connectivity index (χ1v) is 9.82. The van der Waals surface area contributed by atoms with Crippen LogP contribution in [0.4, 0.5) is 0 Å². The van der Waals surface area contributed by atoms with Crippen molar-refractivity contribution in [2.75, 3.05) is 0 Å². The molecule has 0 aliphatic rings. The zero-order chi connectivity index (χ0) is 19.8. The summed E-state index contributed by atoms with van der Waals surface area (Å²) in [7, 11) is 2.14. The number of hydrogen-bond acceptors (Lipinski definition) is 0. The molecule has 2 aromatic carbocycles. The van der Waals surface area contributed by atoms with Gasteiger partial charge in [0.1, 0.15) is 7.05 Å². The number of rotatable bonds is 3. The lowest BCUT2D eigenvalue weighted by atomic mass is 9.87. The monoisotopic (exact) mass is 358 g/mol. The van der Waals surface area contributed by atoms with Crippen molar-refractivity contribution in [1.29, 1.82) is 0 Å². The van der Waals surface area contributed by atoms with Crippen molar-refractivity contribution in [3.05, 3.63) is 77.0 Å². The minimum Gasteiger partial charge on any atom is -0.201 e. The molecule has 27 heavy (non-hydrogen) atoms. The van der Waals surface area contributed by atoms with Crippen LogP contribution in [0.15, 0.2) is 54.7 Å². The van der Waals surface area contributed by atoms with E-state index in [4.69, 9.17) is 0 Å². The van der Waals surface area contributed by atoms with Crippen LogP contribution in [0.2, 0.25) is 0 Å². The molecule has 0 aliphatic carbocycles. The Morgan fingerprint density at radius 1 is 0.741 bits per heavy atom. The molecule has 0 fully saturated rings. The van der Waals surface area contributed by atoms with Gasteiger partial charge in [0.25, 0.3) is 0 Å². The summed E-state index contributed by atoms with van der Waals surface area (Å²) in [5.41, 5.74) is 10.9. The lowest BCUT2D eigenvalue weighted by Gasteiger charge is -2.18. The molecule has 3 rings (SSSR count). The zero-order valence-corrected chi connectivity index (χ0v) is 17.9. The third kappa shape index (κ3) is 4.30. The second kappa shape index (κ2) is 7.31. The van der Waals surface area contributed by atoms with Gasteiger partial charge in [-0.3, -0.25) is 0 Å². The molecular weight excluding hydrogens is 326 g/mol. The van der Waals surface area contributed by atoms with Gasteiger partial charge in [0.2, 0.25) is 5.69 Å². The van der Waals surface area contributed by atoms with Gasteiger partial charge in [-0.1, -0.05) is 51.1 Å². The summed E-state index contributed by atoms with van der Waals surface area (Å²) in [5.74, 6) is 0. The molecule has 0 radical (unpaired) electrons. The van der Waals surface area contributed by atoms with Crippen molar-refractivity contribution < 1.29 is 4.57 Å². The first kappa shape index (κ1) is 19.4. The SMILES string of the molecule is Cc1ccccc1-c1cc(-c2cc(CC(C)(C)C)cc[n+]2C)c(C)cc1C. The van der Waals surface area contributed by atoms with Crippen molar-refractivity contribution >= 4 is 0 Å². The summed E-state index contributed by atoms with van der Waals surface area (Å²) in [5, 5.41) is 0. The van der Waals surface area contributed by atoms with Crippen LogP contribution in [0.3, 0.4) is 0 Å². The predicted octanol–water partition coefficient (Wildman–Crippen LogP) is 6.36. The number of pyridine rings is 1. The van der Waals surface area contributed by atoms with Gasteiger partial charge < -0.3 is 0 Å². The van der Waals surface area contributed by atoms with E-state index in [0.29, 0.717) is 0 Å². The molecule has 1 aromatic heterocycles. The second-order valence-electron chi connectivity index (χ2n) is 9.07. The van der Waals surface area contributed by atoms with E-state index in [-0.39, 0.29) is 5.41 Å². The Morgan fingerprint density at radius 3 is 2.07 bits per heavy atom. The highest BCUT2D eigenvalue weighted by Gasteiger charge is 2.19. The third-order valence-electron chi connectivity index (χ3n) is 5.23. The maximum absolute atomic E-state index is 2.38. The van der Waals surface area contributed by atoms with Gasteiger partial charge in [0, 0.05) is 17.7 Å². The van der Waals surface area contributed by atoms with Crippen molar-refractivity contribution in [2.45, 2.75) is 48.0 Å². The molecule has 1 heteroatoms. The number of benzene rings is 2. The molecule has 140 valence electrons. The van der Waals surface area contributed by atoms with E-state index in [0.717, 1.165) is 6.42 Å². The van der Waals surface area contributed by atoms with E-state index in [1.165, 1.54) is 44.6 Å². The molecule has 0 atom stereocenters. The molecule has 0 spiro atoms. The molecule has 0 saturated carbocycles. The smallest absolute Gasteiger partial charge is 0.201 e. The van der Waals surface area contributed by atoms with Crippen LogP contribution in [0, 0.1) is 26.2 Å². The van der Waals surface area contributed by atoms with Gasteiger partial charge in [-0.05, 0) is 72.1 Å². The van der Waals surface area contributed by atoms with E-state index in [1.54, 1.807) is 0 Å². The minimum atomic E-state index is 0.284. The van der Waals surface area contributed by atoms with E-state index in [2.05, 4.69) is 108 Å². The Labute approximate surface area is 164 Å². The number of aryl methyl sites for hydroxylation is 4. The maximum Gasteiger partial charge on any atom is 0.212 e. The van der Waals surface area contributed by atoms with E-state index >= 15 is 0 Å². The Kier molecular flexibility index (Phi) is 5.24. The minimum absolute atomic E-state index is 0.284. The van der Waals surface area contributed by atoms with Crippen molar-refractivity contribution in [2.24, 2.45) is 12.5 Å². The number of aromatic nitrogens is 1.